The molecule has 0 saturated heterocycles. The van der Waals surface area contributed by atoms with Gasteiger partial charge in [-0.05, 0) is 36.8 Å². The van der Waals surface area contributed by atoms with Crippen LogP contribution in [0.25, 0.3) is 5.52 Å². The molecule has 5 rings (SSSR count). The fourth-order valence-corrected chi connectivity index (χ4v) is 3.86. The van der Waals surface area contributed by atoms with Gasteiger partial charge in [0, 0.05) is 24.9 Å². The summed E-state index contributed by atoms with van der Waals surface area (Å²) in [6.45, 7) is 2.81. The van der Waals surface area contributed by atoms with Crippen molar-refractivity contribution in [1.82, 2.24) is 24.6 Å². The van der Waals surface area contributed by atoms with Gasteiger partial charge in [-0.1, -0.05) is 17.7 Å². The molecule has 5 heterocycles. The lowest BCUT2D eigenvalue weighted by Gasteiger charge is -2.34. The van der Waals surface area contributed by atoms with Crippen LogP contribution < -0.4 is 4.90 Å². The van der Waals surface area contributed by atoms with Crippen LogP contribution in [0.3, 0.4) is 0 Å². The molecule has 0 aliphatic carbocycles. The Labute approximate surface area is 160 Å². The zero-order valence-electron chi connectivity index (χ0n) is 14.6. The van der Waals surface area contributed by atoms with Crippen LogP contribution in [0.15, 0.2) is 42.9 Å². The first kappa shape index (κ1) is 16.1. The molecular formula is C19H17ClN6O. The van der Waals surface area contributed by atoms with Gasteiger partial charge in [0.1, 0.15) is 11.9 Å². The Balaban J connectivity index is 1.68. The Hall–Kier alpha value is -3.06. The van der Waals surface area contributed by atoms with Gasteiger partial charge in [0.25, 0.3) is 0 Å². The summed E-state index contributed by atoms with van der Waals surface area (Å²) in [6, 6.07) is 9.30. The molecule has 136 valence electrons. The van der Waals surface area contributed by atoms with Crippen LogP contribution in [-0.2, 0) is 6.42 Å². The number of hydrogen-bond donors (Lipinski definition) is 2. The number of imidazole rings is 1. The van der Waals surface area contributed by atoms with E-state index in [0.29, 0.717) is 5.82 Å². The molecule has 27 heavy (non-hydrogen) atoms. The highest BCUT2D eigenvalue weighted by Crippen LogP contribution is 2.37. The van der Waals surface area contributed by atoms with Crippen molar-refractivity contribution in [3.8, 4) is 5.75 Å². The molecular weight excluding hydrogens is 364 g/mol. The second-order valence-corrected chi connectivity index (χ2v) is 7.04. The summed E-state index contributed by atoms with van der Waals surface area (Å²) >= 11 is 6.06. The van der Waals surface area contributed by atoms with Gasteiger partial charge in [0.05, 0.1) is 23.2 Å². The summed E-state index contributed by atoms with van der Waals surface area (Å²) in [7, 11) is 0. The Kier molecular flexibility index (Phi) is 3.58. The van der Waals surface area contributed by atoms with Crippen molar-refractivity contribution in [1.29, 1.82) is 0 Å². The quantitative estimate of drug-likeness (QED) is 0.521. The molecule has 0 bridgehead atoms. The number of rotatable bonds is 2. The lowest BCUT2D eigenvalue weighted by molar-refractivity contribution is 0.472. The van der Waals surface area contributed by atoms with Crippen LogP contribution in [0.1, 0.15) is 28.7 Å². The molecule has 1 atom stereocenters. The number of H-pyrrole nitrogens is 1. The Morgan fingerprint density at radius 3 is 3.00 bits per heavy atom. The number of pyridine rings is 2. The maximum absolute atomic E-state index is 9.73. The minimum Gasteiger partial charge on any atom is -0.505 e. The van der Waals surface area contributed by atoms with Crippen LogP contribution in [0.4, 0.5) is 5.82 Å². The molecule has 0 aromatic carbocycles. The van der Waals surface area contributed by atoms with Crippen LogP contribution in [0, 0.1) is 6.92 Å². The summed E-state index contributed by atoms with van der Waals surface area (Å²) in [6.07, 6.45) is 4.48. The van der Waals surface area contributed by atoms with E-state index in [1.807, 2.05) is 16.8 Å². The smallest absolute Gasteiger partial charge is 0.173 e. The van der Waals surface area contributed by atoms with E-state index in [-0.39, 0.29) is 16.9 Å². The van der Waals surface area contributed by atoms with E-state index < -0.39 is 0 Å². The van der Waals surface area contributed by atoms with Gasteiger partial charge < -0.3 is 15.0 Å². The van der Waals surface area contributed by atoms with Gasteiger partial charge in [-0.25, -0.2) is 14.5 Å². The number of hydrogen-bond acceptors (Lipinski definition) is 5. The molecule has 0 spiro atoms. The van der Waals surface area contributed by atoms with Gasteiger partial charge in [-0.15, -0.1) is 0 Å². The SMILES string of the molecule is Cc1cccn2nc([C@H]3c4nc[nH]c4CCN3c3ccc(O)c(Cl)n3)cc12. The average Bonchev–Trinajstić information content (AvgIpc) is 3.30. The highest BCUT2D eigenvalue weighted by Gasteiger charge is 2.34. The van der Waals surface area contributed by atoms with E-state index in [1.165, 1.54) is 0 Å². The second-order valence-electron chi connectivity index (χ2n) is 6.68. The standard InChI is InChI=1S/C19H17ClN6O/c1-11-3-2-7-26-14(11)9-13(24-26)18-17-12(21-10-22-17)6-8-25(18)16-5-4-15(27)19(20)23-16/h2-5,7,9-10,18,27H,6,8H2,1H3,(H,21,22)/t18-/m0/s1. The fourth-order valence-electron chi connectivity index (χ4n) is 3.71. The van der Waals surface area contributed by atoms with Crippen LogP contribution in [-0.4, -0.2) is 36.2 Å². The summed E-state index contributed by atoms with van der Waals surface area (Å²) in [4.78, 5) is 14.3. The summed E-state index contributed by atoms with van der Waals surface area (Å²) < 4.78 is 1.89. The number of anilines is 1. The second kappa shape index (κ2) is 5.99. The zero-order valence-corrected chi connectivity index (χ0v) is 15.4. The van der Waals surface area contributed by atoms with Crippen molar-refractivity contribution in [2.75, 3.05) is 11.4 Å². The number of nitrogens with zero attached hydrogens (tertiary/aromatic N) is 5. The lowest BCUT2D eigenvalue weighted by atomic mass is 9.99. The molecule has 0 saturated carbocycles. The number of fused-ring (bicyclic) bond motifs is 2. The highest BCUT2D eigenvalue weighted by molar-refractivity contribution is 6.30. The normalized spacial score (nSPS) is 16.7. The molecule has 0 unspecified atom stereocenters. The molecule has 2 N–H and O–H groups in total. The van der Waals surface area contributed by atoms with Crippen molar-refractivity contribution in [3.05, 3.63) is 70.7 Å². The van der Waals surface area contributed by atoms with Gasteiger partial charge in [0.2, 0.25) is 0 Å². The Morgan fingerprint density at radius 1 is 1.30 bits per heavy atom. The zero-order chi connectivity index (χ0) is 18.5. The largest absolute Gasteiger partial charge is 0.505 e. The van der Waals surface area contributed by atoms with E-state index in [1.54, 1.807) is 18.5 Å². The van der Waals surface area contributed by atoms with Gasteiger partial charge in [-0.3, -0.25) is 0 Å². The van der Waals surface area contributed by atoms with Crippen molar-refractivity contribution >= 4 is 22.9 Å². The van der Waals surface area contributed by atoms with E-state index in [4.69, 9.17) is 16.7 Å². The van der Waals surface area contributed by atoms with Gasteiger partial charge in [-0.2, -0.15) is 5.10 Å². The molecule has 7 nitrogen and oxygen atoms in total. The van der Waals surface area contributed by atoms with Crippen molar-refractivity contribution in [2.24, 2.45) is 0 Å². The summed E-state index contributed by atoms with van der Waals surface area (Å²) in [5, 5.41) is 14.6. The summed E-state index contributed by atoms with van der Waals surface area (Å²) in [5.41, 5.74) is 5.16. The van der Waals surface area contributed by atoms with Crippen molar-refractivity contribution in [2.45, 2.75) is 19.4 Å². The molecule has 0 radical (unpaired) electrons. The molecule has 0 fully saturated rings. The van der Waals surface area contributed by atoms with Crippen LogP contribution in [0.5, 0.6) is 5.75 Å². The monoisotopic (exact) mass is 380 g/mol. The molecule has 4 aromatic rings. The number of aromatic amines is 1. The minimum atomic E-state index is -0.188. The Bertz CT molecular complexity index is 1150. The third kappa shape index (κ3) is 2.54. The predicted octanol–water partition coefficient (Wildman–Crippen LogP) is 3.27. The molecule has 1 aliphatic rings. The third-order valence-corrected chi connectivity index (χ3v) is 5.32. The lowest BCUT2D eigenvalue weighted by Crippen LogP contribution is -2.37. The molecule has 0 amide bonds. The Morgan fingerprint density at radius 2 is 2.19 bits per heavy atom. The topological polar surface area (TPSA) is 82.3 Å². The maximum atomic E-state index is 9.73. The first-order valence-electron chi connectivity index (χ1n) is 8.71. The molecule has 8 heteroatoms. The molecule has 4 aromatic heterocycles. The summed E-state index contributed by atoms with van der Waals surface area (Å²) in [5.74, 6) is 0.656. The maximum Gasteiger partial charge on any atom is 0.173 e. The first-order valence-corrected chi connectivity index (χ1v) is 9.09. The minimum absolute atomic E-state index is 0.0298. The number of aromatic nitrogens is 5. The van der Waals surface area contributed by atoms with Gasteiger partial charge >= 0.3 is 0 Å². The number of nitrogens with one attached hydrogen (secondary N) is 1. The van der Waals surface area contributed by atoms with Crippen LogP contribution >= 0.6 is 11.6 Å². The highest BCUT2D eigenvalue weighted by atomic mass is 35.5. The van der Waals surface area contributed by atoms with Crippen molar-refractivity contribution < 1.29 is 5.11 Å². The van der Waals surface area contributed by atoms with E-state index in [0.717, 1.165) is 41.1 Å². The van der Waals surface area contributed by atoms with Crippen LogP contribution in [0.2, 0.25) is 5.15 Å². The number of aryl methyl sites for hydroxylation is 1. The van der Waals surface area contributed by atoms with E-state index >= 15 is 0 Å². The predicted molar refractivity (Wildman–Crippen MR) is 102 cm³/mol. The van der Waals surface area contributed by atoms with Crippen molar-refractivity contribution in [3.63, 3.8) is 0 Å². The number of aromatic hydroxyl groups is 1. The van der Waals surface area contributed by atoms with E-state index in [2.05, 4.69) is 38.9 Å². The first-order chi connectivity index (χ1) is 13.1. The third-order valence-electron chi connectivity index (χ3n) is 5.05. The number of halogens is 1. The average molecular weight is 381 g/mol. The molecule has 1 aliphatic heterocycles. The fraction of sp³-hybridized carbons (Fsp3) is 0.211. The van der Waals surface area contributed by atoms with Gasteiger partial charge in [0.15, 0.2) is 10.9 Å². The van der Waals surface area contributed by atoms with E-state index in [9.17, 15) is 5.11 Å².